The van der Waals surface area contributed by atoms with Crippen molar-refractivity contribution in [3.8, 4) is 0 Å². The topological polar surface area (TPSA) is 103 Å². The van der Waals surface area contributed by atoms with Crippen molar-refractivity contribution in [1.29, 1.82) is 0 Å². The molecule has 8 nitrogen and oxygen atoms in total. The Bertz CT molecular complexity index is 1320. The van der Waals surface area contributed by atoms with E-state index >= 15 is 0 Å². The minimum absolute atomic E-state index is 0.0722. The van der Waals surface area contributed by atoms with E-state index in [2.05, 4.69) is 4.98 Å². The molecule has 1 saturated carbocycles. The van der Waals surface area contributed by atoms with Crippen LogP contribution in [0.2, 0.25) is 0 Å². The number of H-pyrrole nitrogens is 1. The number of hydrogen-bond donors (Lipinski definition) is 2. The molecule has 2 heterocycles. The van der Waals surface area contributed by atoms with E-state index in [-0.39, 0.29) is 18.4 Å². The van der Waals surface area contributed by atoms with Gasteiger partial charge in [0.05, 0.1) is 31.5 Å². The third-order valence-corrected chi connectivity index (χ3v) is 7.91. The second kappa shape index (κ2) is 9.44. The second-order valence-electron chi connectivity index (χ2n) is 10.1. The van der Waals surface area contributed by atoms with Gasteiger partial charge in [0.1, 0.15) is 11.8 Å². The molecule has 36 heavy (non-hydrogen) atoms. The lowest BCUT2D eigenvalue weighted by atomic mass is 9.80. The van der Waals surface area contributed by atoms with Gasteiger partial charge in [0.25, 0.3) is 5.56 Å². The fourth-order valence-corrected chi connectivity index (χ4v) is 5.68. The lowest BCUT2D eigenvalue weighted by Gasteiger charge is -2.45. The summed E-state index contributed by atoms with van der Waals surface area (Å²) in [7, 11) is 0. The molecule has 1 aromatic heterocycles. The Morgan fingerprint density at radius 3 is 2.28 bits per heavy atom. The van der Waals surface area contributed by atoms with Gasteiger partial charge in [0.2, 0.25) is 0 Å². The van der Waals surface area contributed by atoms with Crippen LogP contribution in [-0.2, 0) is 27.4 Å². The Morgan fingerprint density at radius 1 is 1.03 bits per heavy atom. The van der Waals surface area contributed by atoms with Crippen molar-refractivity contribution in [2.75, 3.05) is 6.61 Å². The largest absolute Gasteiger partial charge is 0.387 e. The molecule has 2 N–H and O–H groups in total. The van der Waals surface area contributed by atoms with Crippen LogP contribution in [-0.4, -0.2) is 38.6 Å². The van der Waals surface area contributed by atoms with Crippen molar-refractivity contribution in [2.24, 2.45) is 11.8 Å². The molecule has 2 bridgehead atoms. The molecule has 2 aliphatic rings. The van der Waals surface area contributed by atoms with Gasteiger partial charge in [0.15, 0.2) is 0 Å². The van der Waals surface area contributed by atoms with E-state index in [4.69, 9.17) is 14.2 Å². The summed E-state index contributed by atoms with van der Waals surface area (Å²) in [4.78, 5) is 27.2. The Balaban J connectivity index is 1.51. The molecule has 0 radical (unpaired) electrons. The molecule has 0 spiro atoms. The van der Waals surface area contributed by atoms with Gasteiger partial charge >= 0.3 is 5.69 Å². The maximum absolute atomic E-state index is 12.8. The summed E-state index contributed by atoms with van der Waals surface area (Å²) >= 11 is 0. The number of nitrogens with zero attached hydrogens (tertiary/aromatic N) is 1. The van der Waals surface area contributed by atoms with E-state index in [1.807, 2.05) is 67.6 Å². The highest BCUT2D eigenvalue weighted by Gasteiger charge is 2.75. The van der Waals surface area contributed by atoms with Crippen molar-refractivity contribution in [1.82, 2.24) is 9.55 Å². The van der Waals surface area contributed by atoms with Crippen LogP contribution in [0, 0.1) is 18.8 Å². The van der Waals surface area contributed by atoms with Gasteiger partial charge in [-0.2, -0.15) is 0 Å². The first-order valence-corrected chi connectivity index (χ1v) is 12.2. The number of aryl methyl sites for hydroxylation is 1. The molecule has 1 saturated heterocycles. The van der Waals surface area contributed by atoms with E-state index in [0.29, 0.717) is 18.8 Å². The molecule has 1 aliphatic carbocycles. The van der Waals surface area contributed by atoms with E-state index in [9.17, 15) is 14.7 Å². The fourth-order valence-electron chi connectivity index (χ4n) is 5.68. The van der Waals surface area contributed by atoms with Crippen molar-refractivity contribution >= 4 is 0 Å². The van der Waals surface area contributed by atoms with Crippen LogP contribution < -0.4 is 11.2 Å². The average Bonchev–Trinajstić information content (AvgIpc) is 3.27. The van der Waals surface area contributed by atoms with Gasteiger partial charge in [-0.1, -0.05) is 67.6 Å². The third-order valence-electron chi connectivity index (χ3n) is 7.91. The predicted molar refractivity (Wildman–Crippen MR) is 133 cm³/mol. The lowest BCUT2D eigenvalue weighted by molar-refractivity contribution is -0.257. The first-order valence-electron chi connectivity index (χ1n) is 12.2. The zero-order valence-corrected chi connectivity index (χ0v) is 20.7. The van der Waals surface area contributed by atoms with E-state index in [1.54, 1.807) is 13.8 Å². The summed E-state index contributed by atoms with van der Waals surface area (Å²) < 4.78 is 20.6. The zero-order chi connectivity index (χ0) is 25.5. The summed E-state index contributed by atoms with van der Waals surface area (Å²) in [5, 5.41) is 11.8. The number of rotatable bonds is 8. The molecule has 1 aliphatic heterocycles. The van der Waals surface area contributed by atoms with E-state index in [1.165, 1.54) is 10.8 Å². The van der Waals surface area contributed by atoms with Gasteiger partial charge in [-0.25, -0.2) is 4.79 Å². The normalized spacial score (nSPS) is 31.1. The van der Waals surface area contributed by atoms with Crippen molar-refractivity contribution in [3.63, 3.8) is 0 Å². The molecule has 5 rings (SSSR count). The quantitative estimate of drug-likeness (QED) is 0.501. The van der Waals surface area contributed by atoms with Crippen LogP contribution in [0.25, 0.3) is 0 Å². The lowest BCUT2D eigenvalue weighted by Crippen LogP contribution is -2.61. The van der Waals surface area contributed by atoms with E-state index in [0.717, 1.165) is 11.1 Å². The van der Waals surface area contributed by atoms with Gasteiger partial charge in [0, 0.05) is 17.7 Å². The molecule has 2 fully saturated rings. The highest BCUT2D eigenvalue weighted by atomic mass is 16.6. The summed E-state index contributed by atoms with van der Waals surface area (Å²) in [5.74, 6) is -0.636. The van der Waals surface area contributed by atoms with Gasteiger partial charge < -0.3 is 19.3 Å². The standard InChI is InChI=1S/C28H32N2O6/c1-18-14-30(26(32)29-24(18)31)25-22-19(2)27(3,33)28(36-25,17-34-15-20-10-6-4-7-11-20)23(22)35-16-21-12-8-5-9-13-21/h4-14,19,22-23,25,33H,15-17H2,1-3H3,(H,29,31,32)/t19-,22+,23-,25+,27+,28+/m0/s1. The van der Waals surface area contributed by atoms with Crippen LogP contribution >= 0.6 is 0 Å². The number of aromatic amines is 1. The van der Waals surface area contributed by atoms with Gasteiger partial charge in [-0.05, 0) is 30.9 Å². The van der Waals surface area contributed by atoms with Crippen LogP contribution in [0.3, 0.4) is 0 Å². The Labute approximate surface area is 209 Å². The minimum atomic E-state index is -1.28. The molecule has 0 unspecified atom stereocenters. The number of nitrogens with one attached hydrogen (secondary N) is 1. The highest BCUT2D eigenvalue weighted by molar-refractivity contribution is 5.23. The summed E-state index contributed by atoms with van der Waals surface area (Å²) in [6, 6.07) is 19.6. The molecule has 190 valence electrons. The SMILES string of the molecule is Cc1cn([C@@H]2O[C@]3(COCc4ccccc4)[C@@H](OCc4ccccc4)[C@H]2[C@H](C)[C@@]3(C)O)c(=O)[nH]c1=O. The molecular formula is C28H32N2O6. The smallest absolute Gasteiger partial charge is 0.330 e. The first-order chi connectivity index (χ1) is 17.2. The summed E-state index contributed by atoms with van der Waals surface area (Å²) in [6.45, 7) is 6.07. The molecule has 8 heteroatoms. The Hall–Kier alpha value is -3.04. The second-order valence-corrected chi connectivity index (χ2v) is 10.1. The number of hydrogen-bond acceptors (Lipinski definition) is 6. The molecule has 2 aromatic carbocycles. The van der Waals surface area contributed by atoms with Crippen LogP contribution in [0.5, 0.6) is 0 Å². The maximum atomic E-state index is 12.8. The number of fused-ring (bicyclic) bond motifs is 2. The van der Waals surface area contributed by atoms with Crippen LogP contribution in [0.4, 0.5) is 0 Å². The monoisotopic (exact) mass is 492 g/mol. The van der Waals surface area contributed by atoms with Gasteiger partial charge in [-0.3, -0.25) is 14.3 Å². The first kappa shape index (κ1) is 24.6. The van der Waals surface area contributed by atoms with Crippen LogP contribution in [0.1, 0.15) is 36.8 Å². The van der Waals surface area contributed by atoms with Crippen LogP contribution in [0.15, 0.2) is 76.4 Å². The number of aromatic nitrogens is 2. The summed E-state index contributed by atoms with van der Waals surface area (Å²) in [6.07, 6.45) is 0.229. The predicted octanol–water partition coefficient (Wildman–Crippen LogP) is 2.93. The van der Waals surface area contributed by atoms with Crippen molar-refractivity contribution < 1.29 is 19.3 Å². The number of ether oxygens (including phenoxy) is 3. The van der Waals surface area contributed by atoms with E-state index < -0.39 is 34.8 Å². The Kier molecular flexibility index (Phi) is 6.46. The highest BCUT2D eigenvalue weighted by Crippen LogP contribution is 2.61. The number of benzene rings is 2. The van der Waals surface area contributed by atoms with Gasteiger partial charge in [-0.15, -0.1) is 0 Å². The molecule has 6 atom stereocenters. The average molecular weight is 493 g/mol. The molecule has 3 aromatic rings. The van der Waals surface area contributed by atoms with Crippen molar-refractivity contribution in [2.45, 2.75) is 57.5 Å². The Morgan fingerprint density at radius 2 is 1.64 bits per heavy atom. The molecular weight excluding hydrogens is 460 g/mol. The minimum Gasteiger partial charge on any atom is -0.387 e. The zero-order valence-electron chi connectivity index (χ0n) is 20.7. The maximum Gasteiger partial charge on any atom is 0.330 e. The number of aliphatic hydroxyl groups is 1. The fraction of sp³-hybridized carbons (Fsp3) is 0.429. The summed E-state index contributed by atoms with van der Waals surface area (Å²) in [5.41, 5.74) is -1.11. The third kappa shape index (κ3) is 4.04. The molecule has 0 amide bonds. The van der Waals surface area contributed by atoms with Crippen molar-refractivity contribution in [3.05, 3.63) is 104 Å².